The molecular weight excluding hydrogens is 250 g/mol. The predicted octanol–water partition coefficient (Wildman–Crippen LogP) is -0.296. The molecule has 0 radical (unpaired) electrons. The maximum atomic E-state index is 11.7. The molecule has 0 atom stereocenters. The Hall–Kier alpha value is -2.15. The fourth-order valence-electron chi connectivity index (χ4n) is 2.35. The molecule has 1 aromatic rings. The number of ether oxygens (including phenoxy) is 1. The van der Waals surface area contributed by atoms with Crippen molar-refractivity contribution in [1.82, 2.24) is 9.97 Å². The predicted molar refractivity (Wildman–Crippen MR) is 67.0 cm³/mol. The summed E-state index contributed by atoms with van der Waals surface area (Å²) in [5.74, 6) is -0.714. The zero-order valence-electron chi connectivity index (χ0n) is 10.1. The van der Waals surface area contributed by atoms with Gasteiger partial charge in [-0.3, -0.25) is 4.79 Å². The lowest BCUT2D eigenvalue weighted by molar-refractivity contribution is -0.131. The molecule has 3 heterocycles. The third-order valence-electron chi connectivity index (χ3n) is 3.35. The van der Waals surface area contributed by atoms with Crippen molar-refractivity contribution in [3.8, 4) is 0 Å². The van der Waals surface area contributed by atoms with Crippen LogP contribution in [0, 0.1) is 5.41 Å². The van der Waals surface area contributed by atoms with Crippen molar-refractivity contribution in [3.63, 3.8) is 0 Å². The van der Waals surface area contributed by atoms with E-state index in [1.165, 1.54) is 12.3 Å². The Bertz CT molecular complexity index is 595. The Kier molecular flexibility index (Phi) is 2.63. The van der Waals surface area contributed by atoms with Crippen LogP contribution in [0.15, 0.2) is 17.1 Å². The second-order valence-electron chi connectivity index (χ2n) is 5.00. The summed E-state index contributed by atoms with van der Waals surface area (Å²) >= 11 is 0. The minimum absolute atomic E-state index is 0.195. The second-order valence-corrected chi connectivity index (χ2v) is 5.00. The number of nitrogens with one attached hydrogen (secondary N) is 1. The molecule has 1 spiro atoms. The summed E-state index contributed by atoms with van der Waals surface area (Å²) in [6, 6.07) is 0. The van der Waals surface area contributed by atoms with Crippen LogP contribution in [0.3, 0.4) is 0 Å². The molecule has 0 saturated carbocycles. The standard InChI is InChI=1S/C12H13N3O4/c16-9(17)2-1-8-3-13-11(18)10(14-8)15-4-12(5-15)6-19-7-12/h1-3H,4-7H2,(H,13,18)(H,16,17)/b2-1+. The highest BCUT2D eigenvalue weighted by molar-refractivity contribution is 5.84. The van der Waals surface area contributed by atoms with Crippen LogP contribution < -0.4 is 10.5 Å². The van der Waals surface area contributed by atoms with Gasteiger partial charge in [0.15, 0.2) is 5.82 Å². The van der Waals surface area contributed by atoms with Gasteiger partial charge < -0.3 is 19.7 Å². The number of carbonyl (C=O) groups is 1. The highest BCUT2D eigenvalue weighted by atomic mass is 16.5. The molecule has 0 bridgehead atoms. The molecule has 2 saturated heterocycles. The minimum atomic E-state index is -1.05. The maximum absolute atomic E-state index is 11.7. The first-order chi connectivity index (χ1) is 9.08. The normalized spacial score (nSPS) is 20.3. The van der Waals surface area contributed by atoms with E-state index in [-0.39, 0.29) is 11.0 Å². The molecule has 2 aliphatic heterocycles. The van der Waals surface area contributed by atoms with E-state index in [1.54, 1.807) is 0 Å². The third-order valence-corrected chi connectivity index (χ3v) is 3.35. The van der Waals surface area contributed by atoms with Gasteiger partial charge in [-0.1, -0.05) is 0 Å². The molecule has 0 amide bonds. The van der Waals surface area contributed by atoms with Crippen LogP contribution in [0.1, 0.15) is 5.69 Å². The molecule has 0 aliphatic carbocycles. The van der Waals surface area contributed by atoms with Crippen molar-refractivity contribution >= 4 is 17.9 Å². The Labute approximate surface area is 108 Å². The van der Waals surface area contributed by atoms with Crippen LogP contribution in [0.4, 0.5) is 5.82 Å². The van der Waals surface area contributed by atoms with Crippen LogP contribution in [0.25, 0.3) is 6.08 Å². The quantitative estimate of drug-likeness (QED) is 0.727. The van der Waals surface area contributed by atoms with Crippen molar-refractivity contribution in [3.05, 3.63) is 28.3 Å². The SMILES string of the molecule is O=C(O)/C=C/c1c[nH]c(=O)c(N2CC3(COC3)C2)n1. The van der Waals surface area contributed by atoms with Gasteiger partial charge in [0.1, 0.15) is 0 Å². The molecule has 2 fully saturated rings. The lowest BCUT2D eigenvalue weighted by atomic mass is 9.78. The van der Waals surface area contributed by atoms with Gasteiger partial charge in [-0.05, 0) is 6.08 Å². The molecule has 1 aromatic heterocycles. The topological polar surface area (TPSA) is 95.5 Å². The summed E-state index contributed by atoms with van der Waals surface area (Å²) < 4.78 is 5.17. The first-order valence-electron chi connectivity index (χ1n) is 5.91. The highest BCUT2D eigenvalue weighted by Gasteiger charge is 2.50. The summed E-state index contributed by atoms with van der Waals surface area (Å²) in [5.41, 5.74) is 0.353. The Morgan fingerprint density at radius 1 is 1.53 bits per heavy atom. The zero-order chi connectivity index (χ0) is 13.5. The van der Waals surface area contributed by atoms with Gasteiger partial charge in [0.25, 0.3) is 5.56 Å². The number of hydrogen-bond donors (Lipinski definition) is 2. The molecule has 100 valence electrons. The lowest BCUT2D eigenvalue weighted by Gasteiger charge is -2.55. The lowest BCUT2D eigenvalue weighted by Crippen LogP contribution is -2.67. The van der Waals surface area contributed by atoms with Gasteiger partial charge >= 0.3 is 5.97 Å². The number of anilines is 1. The van der Waals surface area contributed by atoms with E-state index in [4.69, 9.17) is 9.84 Å². The molecule has 19 heavy (non-hydrogen) atoms. The number of rotatable bonds is 3. The first-order valence-corrected chi connectivity index (χ1v) is 5.91. The van der Waals surface area contributed by atoms with E-state index >= 15 is 0 Å². The summed E-state index contributed by atoms with van der Waals surface area (Å²) in [5, 5.41) is 8.56. The van der Waals surface area contributed by atoms with Crippen molar-refractivity contribution in [1.29, 1.82) is 0 Å². The zero-order valence-corrected chi connectivity index (χ0v) is 10.1. The molecule has 7 heteroatoms. The van der Waals surface area contributed by atoms with E-state index in [1.807, 2.05) is 4.90 Å². The minimum Gasteiger partial charge on any atom is -0.478 e. The number of aliphatic carboxylic acids is 1. The van der Waals surface area contributed by atoms with Crippen LogP contribution in [-0.4, -0.2) is 47.3 Å². The van der Waals surface area contributed by atoms with Crippen LogP contribution >= 0.6 is 0 Å². The van der Waals surface area contributed by atoms with Crippen molar-refractivity contribution in [2.24, 2.45) is 5.41 Å². The summed E-state index contributed by atoms with van der Waals surface area (Å²) in [6.07, 6.45) is 3.73. The number of H-pyrrole nitrogens is 1. The number of carboxylic acids is 1. The number of carboxylic acid groups (broad SMARTS) is 1. The van der Waals surface area contributed by atoms with E-state index in [0.717, 1.165) is 32.4 Å². The number of hydrogen-bond acceptors (Lipinski definition) is 5. The van der Waals surface area contributed by atoms with Crippen molar-refractivity contribution < 1.29 is 14.6 Å². The van der Waals surface area contributed by atoms with Crippen molar-refractivity contribution in [2.75, 3.05) is 31.2 Å². The maximum Gasteiger partial charge on any atom is 0.328 e. The fourth-order valence-corrected chi connectivity index (χ4v) is 2.35. The molecule has 7 nitrogen and oxygen atoms in total. The highest BCUT2D eigenvalue weighted by Crippen LogP contribution is 2.38. The molecular formula is C12H13N3O4. The van der Waals surface area contributed by atoms with Crippen LogP contribution in [0.2, 0.25) is 0 Å². The molecule has 2 aliphatic rings. The Balaban J connectivity index is 1.79. The largest absolute Gasteiger partial charge is 0.478 e. The van der Waals surface area contributed by atoms with E-state index < -0.39 is 5.97 Å². The van der Waals surface area contributed by atoms with Gasteiger partial charge in [0.2, 0.25) is 0 Å². The van der Waals surface area contributed by atoms with E-state index in [2.05, 4.69) is 9.97 Å². The molecule has 3 rings (SSSR count). The average Bonchev–Trinajstić information content (AvgIpc) is 2.25. The number of aromatic amines is 1. The van der Waals surface area contributed by atoms with Gasteiger partial charge in [0, 0.05) is 25.4 Å². The molecule has 2 N–H and O–H groups in total. The van der Waals surface area contributed by atoms with Crippen LogP contribution in [-0.2, 0) is 9.53 Å². The Morgan fingerprint density at radius 3 is 2.84 bits per heavy atom. The van der Waals surface area contributed by atoms with Gasteiger partial charge in [0.05, 0.1) is 24.3 Å². The summed E-state index contributed by atoms with van der Waals surface area (Å²) in [6.45, 7) is 2.99. The Morgan fingerprint density at radius 2 is 2.26 bits per heavy atom. The number of aromatic nitrogens is 2. The number of nitrogens with zero attached hydrogens (tertiary/aromatic N) is 2. The van der Waals surface area contributed by atoms with Crippen molar-refractivity contribution in [2.45, 2.75) is 0 Å². The first kappa shape index (κ1) is 11.9. The molecule has 0 aromatic carbocycles. The summed E-state index contributed by atoms with van der Waals surface area (Å²) in [4.78, 5) is 30.8. The summed E-state index contributed by atoms with van der Waals surface area (Å²) in [7, 11) is 0. The average molecular weight is 263 g/mol. The van der Waals surface area contributed by atoms with E-state index in [9.17, 15) is 9.59 Å². The van der Waals surface area contributed by atoms with Crippen LogP contribution in [0.5, 0.6) is 0 Å². The van der Waals surface area contributed by atoms with Gasteiger partial charge in [-0.15, -0.1) is 0 Å². The van der Waals surface area contributed by atoms with E-state index in [0.29, 0.717) is 11.5 Å². The molecule has 0 unspecified atom stereocenters. The fraction of sp³-hybridized carbons (Fsp3) is 0.417. The van der Waals surface area contributed by atoms with Gasteiger partial charge in [-0.25, -0.2) is 9.78 Å². The second kappa shape index (κ2) is 4.20. The smallest absolute Gasteiger partial charge is 0.328 e. The third kappa shape index (κ3) is 2.12. The monoisotopic (exact) mass is 263 g/mol. The van der Waals surface area contributed by atoms with Gasteiger partial charge in [-0.2, -0.15) is 0 Å².